The van der Waals surface area contributed by atoms with Gasteiger partial charge in [0.25, 0.3) is 0 Å². The van der Waals surface area contributed by atoms with E-state index >= 15 is 0 Å². The lowest BCUT2D eigenvalue weighted by atomic mass is 9.66. The van der Waals surface area contributed by atoms with E-state index in [0.717, 1.165) is 11.8 Å². The molecule has 12 heavy (non-hydrogen) atoms. The predicted octanol–water partition coefficient (Wildman–Crippen LogP) is 3.68. The summed E-state index contributed by atoms with van der Waals surface area (Å²) in [5, 5.41) is 0. The minimum atomic E-state index is 1.04. The highest BCUT2D eigenvalue weighted by Crippen LogP contribution is 2.49. The van der Waals surface area contributed by atoms with Crippen molar-refractivity contribution in [3.63, 3.8) is 0 Å². The van der Waals surface area contributed by atoms with Crippen LogP contribution in [0.4, 0.5) is 0 Å². The molecule has 2 bridgehead atoms. The molecule has 0 N–H and O–H groups in total. The first-order valence-corrected chi connectivity index (χ1v) is 5.64. The largest absolute Gasteiger partial charge is 0.0702 e. The minimum Gasteiger partial charge on any atom is -0.0702 e. The zero-order chi connectivity index (χ0) is 7.97. The van der Waals surface area contributed by atoms with Gasteiger partial charge in [-0.15, -0.1) is 0 Å². The summed E-state index contributed by atoms with van der Waals surface area (Å²) in [4.78, 5) is 0. The van der Waals surface area contributed by atoms with Crippen LogP contribution in [0.2, 0.25) is 0 Å². The van der Waals surface area contributed by atoms with Crippen LogP contribution in [0.5, 0.6) is 0 Å². The molecule has 0 aromatic heterocycles. The predicted molar refractivity (Wildman–Crippen MR) is 50.9 cm³/mol. The van der Waals surface area contributed by atoms with Crippen LogP contribution >= 0.6 is 0 Å². The Morgan fingerprint density at radius 1 is 0.917 bits per heavy atom. The average Bonchev–Trinajstić information content (AvgIpc) is 2.54. The summed E-state index contributed by atoms with van der Waals surface area (Å²) in [7, 11) is 0. The van der Waals surface area contributed by atoms with Crippen LogP contribution in [0.3, 0.4) is 0 Å². The molecule has 66 valence electrons. The highest BCUT2D eigenvalue weighted by atomic mass is 14.4. The summed E-state index contributed by atoms with van der Waals surface area (Å²) >= 11 is 0. The second-order valence-corrected chi connectivity index (χ2v) is 4.92. The van der Waals surface area contributed by atoms with Gasteiger partial charge in [0, 0.05) is 0 Å². The van der Waals surface area contributed by atoms with Crippen molar-refractivity contribution in [1.82, 2.24) is 0 Å². The lowest BCUT2D eigenvalue weighted by Gasteiger charge is -2.39. The first-order chi connectivity index (χ1) is 5.93. The van der Waals surface area contributed by atoms with Gasteiger partial charge < -0.3 is 0 Å². The molecule has 2 fully saturated rings. The summed E-state index contributed by atoms with van der Waals surface area (Å²) in [6.07, 6.45) is 12.0. The van der Waals surface area contributed by atoms with E-state index in [2.05, 4.69) is 0 Å². The Bertz CT molecular complexity index is 210. The van der Waals surface area contributed by atoms with Gasteiger partial charge in [-0.3, -0.25) is 0 Å². The van der Waals surface area contributed by atoms with E-state index < -0.39 is 0 Å². The number of hydrogen-bond donors (Lipinski definition) is 0. The zero-order valence-corrected chi connectivity index (χ0v) is 7.81. The third-order valence-electron chi connectivity index (χ3n) is 4.19. The maximum absolute atomic E-state index is 1.93. The maximum Gasteiger partial charge on any atom is -0.0201 e. The third kappa shape index (κ3) is 0.967. The van der Waals surface area contributed by atoms with Crippen LogP contribution in [0.15, 0.2) is 11.1 Å². The van der Waals surface area contributed by atoms with Crippen LogP contribution < -0.4 is 0 Å². The molecule has 0 heteroatoms. The highest BCUT2D eigenvalue weighted by Gasteiger charge is 2.34. The quantitative estimate of drug-likeness (QED) is 0.516. The van der Waals surface area contributed by atoms with Crippen LogP contribution in [0, 0.1) is 11.8 Å². The van der Waals surface area contributed by atoms with E-state index in [9.17, 15) is 0 Å². The molecule has 0 unspecified atom stereocenters. The van der Waals surface area contributed by atoms with E-state index in [4.69, 9.17) is 0 Å². The monoisotopic (exact) mass is 162 g/mol. The molecule has 4 rings (SSSR count). The Labute approximate surface area is 75.0 Å². The number of rotatable bonds is 1. The fourth-order valence-corrected chi connectivity index (χ4v) is 3.41. The van der Waals surface area contributed by atoms with Gasteiger partial charge in [0.15, 0.2) is 0 Å². The minimum absolute atomic E-state index is 1.04. The summed E-state index contributed by atoms with van der Waals surface area (Å²) in [6.45, 7) is 0. The van der Waals surface area contributed by atoms with E-state index in [0.29, 0.717) is 0 Å². The highest BCUT2D eigenvalue weighted by molar-refractivity contribution is 5.28. The molecule has 0 heterocycles. The Morgan fingerprint density at radius 3 is 2.25 bits per heavy atom. The van der Waals surface area contributed by atoms with Gasteiger partial charge >= 0.3 is 0 Å². The molecular formula is C12H18. The fraction of sp³-hybridized carbons (Fsp3) is 0.833. The van der Waals surface area contributed by atoms with Crippen LogP contribution in [0.25, 0.3) is 0 Å². The van der Waals surface area contributed by atoms with Gasteiger partial charge in [0.2, 0.25) is 0 Å². The van der Waals surface area contributed by atoms with Gasteiger partial charge in [0.05, 0.1) is 0 Å². The van der Waals surface area contributed by atoms with Gasteiger partial charge in [-0.2, -0.15) is 0 Å². The summed E-state index contributed by atoms with van der Waals surface area (Å²) in [5.41, 5.74) is 3.81. The lowest BCUT2D eigenvalue weighted by Crippen LogP contribution is -2.24. The van der Waals surface area contributed by atoms with Crippen molar-refractivity contribution in [2.24, 2.45) is 11.8 Å². The standard InChI is InChI=1S/C12H18/c1-2-4-10(3-1)12-6-5-9-7-11(12)8-9/h9-10H,1-8H2. The molecule has 0 radical (unpaired) electrons. The molecular weight excluding hydrogens is 144 g/mol. The van der Waals surface area contributed by atoms with Crippen molar-refractivity contribution in [3.8, 4) is 0 Å². The third-order valence-corrected chi connectivity index (χ3v) is 4.19. The van der Waals surface area contributed by atoms with Gasteiger partial charge in [-0.1, -0.05) is 24.0 Å². The van der Waals surface area contributed by atoms with Crippen molar-refractivity contribution in [2.75, 3.05) is 0 Å². The van der Waals surface area contributed by atoms with Crippen LogP contribution in [-0.4, -0.2) is 0 Å². The number of allylic oxidation sites excluding steroid dienone is 2. The van der Waals surface area contributed by atoms with Crippen molar-refractivity contribution in [1.29, 1.82) is 0 Å². The van der Waals surface area contributed by atoms with Gasteiger partial charge in [-0.05, 0) is 50.4 Å². The Hall–Kier alpha value is -0.260. The molecule has 0 aliphatic heterocycles. The Balaban J connectivity index is 1.81. The number of hydrogen-bond acceptors (Lipinski definition) is 0. The fourth-order valence-electron chi connectivity index (χ4n) is 3.41. The normalized spacial score (nSPS) is 31.0. The molecule has 0 saturated heterocycles. The molecule has 0 aromatic rings. The van der Waals surface area contributed by atoms with Gasteiger partial charge in [0.1, 0.15) is 0 Å². The Morgan fingerprint density at radius 2 is 1.67 bits per heavy atom. The topological polar surface area (TPSA) is 0 Å². The molecule has 0 amide bonds. The van der Waals surface area contributed by atoms with Crippen LogP contribution in [-0.2, 0) is 0 Å². The second kappa shape index (κ2) is 2.61. The molecule has 0 spiro atoms. The average molecular weight is 162 g/mol. The zero-order valence-electron chi connectivity index (χ0n) is 7.81. The van der Waals surface area contributed by atoms with Crippen molar-refractivity contribution < 1.29 is 0 Å². The first-order valence-electron chi connectivity index (χ1n) is 5.64. The Kier molecular flexibility index (Phi) is 1.56. The molecule has 4 aliphatic carbocycles. The van der Waals surface area contributed by atoms with Crippen molar-refractivity contribution in [3.05, 3.63) is 11.1 Å². The smallest absolute Gasteiger partial charge is 0.0201 e. The molecule has 0 aromatic carbocycles. The van der Waals surface area contributed by atoms with Crippen molar-refractivity contribution >= 4 is 0 Å². The maximum atomic E-state index is 1.93. The van der Waals surface area contributed by atoms with Crippen molar-refractivity contribution in [2.45, 2.75) is 51.4 Å². The van der Waals surface area contributed by atoms with E-state index in [1.54, 1.807) is 0 Å². The van der Waals surface area contributed by atoms with E-state index in [1.807, 2.05) is 11.1 Å². The summed E-state index contributed by atoms with van der Waals surface area (Å²) in [6, 6.07) is 0. The molecule has 0 atom stereocenters. The summed E-state index contributed by atoms with van der Waals surface area (Å²) < 4.78 is 0. The van der Waals surface area contributed by atoms with E-state index in [1.165, 1.54) is 51.4 Å². The van der Waals surface area contributed by atoms with E-state index in [-0.39, 0.29) is 0 Å². The first kappa shape index (κ1) is 7.17. The SMILES string of the molecule is C1CCC(C2=C3CC(CC2)C3)C1. The van der Waals surface area contributed by atoms with Crippen LogP contribution in [0.1, 0.15) is 51.4 Å². The summed E-state index contributed by atoms with van der Waals surface area (Å²) in [5.74, 6) is 2.16. The molecule has 0 nitrogen and oxygen atoms in total. The number of fused-ring (bicyclic) bond motifs is 2. The second-order valence-electron chi connectivity index (χ2n) is 4.92. The molecule has 2 saturated carbocycles. The van der Waals surface area contributed by atoms with Gasteiger partial charge in [-0.25, -0.2) is 0 Å². The lowest BCUT2D eigenvalue weighted by molar-refractivity contribution is 0.333. The molecule has 4 aliphatic rings.